The average molecular weight is 444 g/mol. The highest BCUT2D eigenvalue weighted by atomic mass is 35.5. The molecule has 150 valence electrons. The van der Waals surface area contributed by atoms with Crippen LogP contribution in [0.2, 0.25) is 5.28 Å². The van der Waals surface area contributed by atoms with E-state index in [0.29, 0.717) is 15.9 Å². The molecule has 0 amide bonds. The molecule has 3 heterocycles. The Morgan fingerprint density at radius 1 is 1.21 bits per heavy atom. The summed E-state index contributed by atoms with van der Waals surface area (Å²) in [4.78, 5) is 16.2. The van der Waals surface area contributed by atoms with Gasteiger partial charge in [-0.3, -0.25) is 0 Å². The summed E-state index contributed by atoms with van der Waals surface area (Å²) >= 11 is 7.12. The summed E-state index contributed by atoms with van der Waals surface area (Å²) < 4.78 is 59.8. The molecule has 4 aromatic rings. The third kappa shape index (κ3) is 3.87. The van der Waals surface area contributed by atoms with Crippen LogP contribution in [-0.4, -0.2) is 24.5 Å². The normalized spacial score (nSPS) is 11.9. The van der Waals surface area contributed by atoms with Gasteiger partial charge in [-0.05, 0) is 29.3 Å². The Bertz CT molecular complexity index is 1210. The second-order valence-corrected chi connectivity index (χ2v) is 7.14. The summed E-state index contributed by atoms with van der Waals surface area (Å²) in [7, 11) is 1.37. The van der Waals surface area contributed by atoms with Crippen molar-refractivity contribution in [3.05, 3.63) is 52.3 Å². The molecule has 4 rings (SSSR count). The maximum absolute atomic E-state index is 14.6. The lowest BCUT2D eigenvalue weighted by Crippen LogP contribution is -2.05. The van der Waals surface area contributed by atoms with Crippen LogP contribution >= 0.6 is 22.9 Å². The van der Waals surface area contributed by atoms with Crippen LogP contribution in [-0.2, 0) is 19.8 Å². The minimum absolute atomic E-state index is 0.00599. The lowest BCUT2D eigenvalue weighted by Gasteiger charge is -2.08. The molecule has 6 nitrogen and oxygen atoms in total. The van der Waals surface area contributed by atoms with Gasteiger partial charge in [0.25, 0.3) is 0 Å². The molecule has 3 aromatic heterocycles. The minimum Gasteiger partial charge on any atom is -0.471 e. The number of benzene rings is 1. The summed E-state index contributed by atoms with van der Waals surface area (Å²) in [6.07, 6.45) is -3.80. The van der Waals surface area contributed by atoms with Crippen LogP contribution in [0.15, 0.2) is 29.9 Å². The molecule has 0 N–H and O–H groups in total. The Hall–Kier alpha value is -2.79. The largest absolute Gasteiger partial charge is 0.471 e. The zero-order valence-corrected chi connectivity index (χ0v) is 16.1. The van der Waals surface area contributed by atoms with E-state index in [0.717, 1.165) is 16.8 Å². The Balaban J connectivity index is 1.58. The first-order valence-corrected chi connectivity index (χ1v) is 9.27. The van der Waals surface area contributed by atoms with Crippen LogP contribution in [0, 0.1) is 5.82 Å². The molecule has 0 fully saturated rings. The van der Waals surface area contributed by atoms with Crippen LogP contribution in [0.4, 0.5) is 17.6 Å². The van der Waals surface area contributed by atoms with E-state index in [1.54, 1.807) is 5.51 Å². The summed E-state index contributed by atoms with van der Waals surface area (Å²) in [5, 5.41) is -0.00599. The standard InChI is InChI=1S/C17H10ClF4N5OS/c1-27-5-11(17(20,21)22)24-13(27)9-3-2-8(4-10(9)19)6-28-14-12-15(29-7-23-12)26-16(18)25-14/h2-5,7H,6H2,1H3. The van der Waals surface area contributed by atoms with E-state index in [4.69, 9.17) is 16.3 Å². The second kappa shape index (κ2) is 7.23. The molecular weight excluding hydrogens is 434 g/mol. The smallest absolute Gasteiger partial charge is 0.434 e. The van der Waals surface area contributed by atoms with E-state index in [-0.39, 0.29) is 29.2 Å². The predicted molar refractivity (Wildman–Crippen MR) is 98.2 cm³/mol. The summed E-state index contributed by atoms with van der Waals surface area (Å²) in [5.74, 6) is -0.702. The molecular formula is C17H10ClF4N5OS. The number of nitrogens with zero attached hydrogens (tertiary/aromatic N) is 5. The number of imidazole rings is 1. The van der Waals surface area contributed by atoms with Crippen LogP contribution in [0.1, 0.15) is 11.3 Å². The van der Waals surface area contributed by atoms with Crippen molar-refractivity contribution >= 4 is 33.3 Å². The number of hydrogen-bond acceptors (Lipinski definition) is 6. The number of aryl methyl sites for hydroxylation is 1. The van der Waals surface area contributed by atoms with Crippen LogP contribution < -0.4 is 4.74 Å². The SMILES string of the molecule is Cn1cc(C(F)(F)F)nc1-c1ccc(COc2nc(Cl)nc3scnc23)cc1F. The average Bonchev–Trinajstić information content (AvgIpc) is 3.26. The van der Waals surface area contributed by atoms with Gasteiger partial charge in [-0.1, -0.05) is 6.07 Å². The van der Waals surface area contributed by atoms with Gasteiger partial charge in [-0.15, -0.1) is 11.3 Å². The fourth-order valence-corrected chi connectivity index (χ4v) is 3.51. The van der Waals surface area contributed by atoms with Crippen LogP contribution in [0.5, 0.6) is 5.88 Å². The molecule has 0 atom stereocenters. The molecule has 0 unspecified atom stereocenters. The molecule has 0 saturated carbocycles. The van der Waals surface area contributed by atoms with Gasteiger partial charge in [0.2, 0.25) is 11.2 Å². The molecule has 29 heavy (non-hydrogen) atoms. The van der Waals surface area contributed by atoms with Gasteiger partial charge >= 0.3 is 6.18 Å². The molecule has 0 radical (unpaired) electrons. The number of rotatable bonds is 4. The van der Waals surface area contributed by atoms with E-state index in [9.17, 15) is 17.6 Å². The Morgan fingerprint density at radius 2 is 2.00 bits per heavy atom. The van der Waals surface area contributed by atoms with Crippen molar-refractivity contribution < 1.29 is 22.3 Å². The van der Waals surface area contributed by atoms with Gasteiger partial charge in [0.1, 0.15) is 18.2 Å². The topological polar surface area (TPSA) is 65.7 Å². The maximum atomic E-state index is 14.6. The van der Waals surface area contributed by atoms with Crippen molar-refractivity contribution in [3.8, 4) is 17.3 Å². The Morgan fingerprint density at radius 3 is 2.69 bits per heavy atom. The van der Waals surface area contributed by atoms with Crippen LogP contribution in [0.25, 0.3) is 21.7 Å². The van der Waals surface area contributed by atoms with Crippen molar-refractivity contribution in [1.82, 2.24) is 24.5 Å². The number of hydrogen-bond donors (Lipinski definition) is 0. The molecule has 1 aromatic carbocycles. The number of halogens is 5. The summed E-state index contributed by atoms with van der Waals surface area (Å²) in [5.41, 5.74) is 1.30. The van der Waals surface area contributed by atoms with Crippen molar-refractivity contribution in [2.45, 2.75) is 12.8 Å². The van der Waals surface area contributed by atoms with E-state index >= 15 is 0 Å². The van der Waals surface area contributed by atoms with E-state index in [1.165, 1.54) is 30.5 Å². The Labute approximate surface area is 169 Å². The monoisotopic (exact) mass is 443 g/mol. The van der Waals surface area contributed by atoms with Crippen molar-refractivity contribution in [2.75, 3.05) is 0 Å². The predicted octanol–water partition coefficient (Wildman–Crippen LogP) is 4.88. The third-order valence-electron chi connectivity index (χ3n) is 3.96. The maximum Gasteiger partial charge on any atom is 0.434 e. The lowest BCUT2D eigenvalue weighted by atomic mass is 10.1. The first kappa shape index (κ1) is 19.5. The first-order chi connectivity index (χ1) is 13.7. The van der Waals surface area contributed by atoms with Gasteiger partial charge < -0.3 is 9.30 Å². The number of fused-ring (bicyclic) bond motifs is 1. The van der Waals surface area contributed by atoms with E-state index in [2.05, 4.69) is 19.9 Å². The third-order valence-corrected chi connectivity index (χ3v) is 4.84. The molecule has 0 spiro atoms. The summed E-state index contributed by atoms with van der Waals surface area (Å²) in [6.45, 7) is -0.0501. The number of ether oxygens (including phenoxy) is 1. The van der Waals surface area contributed by atoms with Crippen LogP contribution in [0.3, 0.4) is 0 Å². The fraction of sp³-hybridized carbons (Fsp3) is 0.176. The van der Waals surface area contributed by atoms with Crippen molar-refractivity contribution in [1.29, 1.82) is 0 Å². The van der Waals surface area contributed by atoms with Gasteiger partial charge in [-0.25, -0.2) is 19.3 Å². The van der Waals surface area contributed by atoms with Crippen molar-refractivity contribution in [3.63, 3.8) is 0 Å². The zero-order chi connectivity index (χ0) is 20.8. The lowest BCUT2D eigenvalue weighted by molar-refractivity contribution is -0.140. The number of thiazole rings is 1. The highest BCUT2D eigenvalue weighted by molar-refractivity contribution is 7.16. The number of alkyl halides is 3. The second-order valence-electron chi connectivity index (χ2n) is 5.97. The Kier molecular flexibility index (Phi) is 4.87. The molecule has 12 heteroatoms. The molecule has 0 bridgehead atoms. The van der Waals surface area contributed by atoms with Gasteiger partial charge in [0, 0.05) is 13.2 Å². The zero-order valence-electron chi connectivity index (χ0n) is 14.5. The van der Waals surface area contributed by atoms with E-state index < -0.39 is 17.7 Å². The van der Waals surface area contributed by atoms with Gasteiger partial charge in [0.05, 0.1) is 11.1 Å². The molecule has 0 aliphatic carbocycles. The number of aromatic nitrogens is 5. The molecule has 0 saturated heterocycles. The molecule has 0 aliphatic heterocycles. The minimum atomic E-state index is -4.61. The molecule has 0 aliphatic rings. The highest BCUT2D eigenvalue weighted by Crippen LogP contribution is 2.32. The quantitative estimate of drug-likeness (QED) is 0.332. The van der Waals surface area contributed by atoms with Gasteiger partial charge in [-0.2, -0.15) is 18.2 Å². The van der Waals surface area contributed by atoms with Crippen molar-refractivity contribution in [2.24, 2.45) is 7.05 Å². The fourth-order valence-electron chi connectivity index (χ4n) is 2.65. The van der Waals surface area contributed by atoms with Gasteiger partial charge in [0.15, 0.2) is 16.0 Å². The highest BCUT2D eigenvalue weighted by Gasteiger charge is 2.34. The van der Waals surface area contributed by atoms with E-state index in [1.807, 2.05) is 0 Å². The first-order valence-electron chi connectivity index (χ1n) is 8.01. The summed E-state index contributed by atoms with van der Waals surface area (Å²) in [6, 6.07) is 4.04.